The van der Waals surface area contributed by atoms with E-state index in [4.69, 9.17) is 4.74 Å². The number of aromatic nitrogens is 1. The molecule has 0 radical (unpaired) electrons. The Kier molecular flexibility index (Phi) is 4.55. The van der Waals surface area contributed by atoms with Crippen molar-refractivity contribution in [2.45, 2.75) is 19.3 Å². The van der Waals surface area contributed by atoms with Crippen LogP contribution in [-0.4, -0.2) is 18.0 Å². The number of fused-ring (bicyclic) bond motifs is 2. The first kappa shape index (κ1) is 18.8. The van der Waals surface area contributed by atoms with Crippen LogP contribution in [0.15, 0.2) is 72.8 Å². The minimum atomic E-state index is -0.631. The van der Waals surface area contributed by atoms with Gasteiger partial charge in [0, 0.05) is 5.92 Å². The zero-order valence-electron chi connectivity index (χ0n) is 16.9. The van der Waals surface area contributed by atoms with E-state index in [0.29, 0.717) is 11.6 Å². The molecule has 1 aromatic heterocycles. The first-order valence-electron chi connectivity index (χ1n) is 9.97. The summed E-state index contributed by atoms with van der Waals surface area (Å²) >= 11 is 1.51. The lowest BCUT2D eigenvalue weighted by Gasteiger charge is -2.31. The number of amides is 1. The van der Waals surface area contributed by atoms with E-state index in [1.807, 2.05) is 48.5 Å². The molecule has 2 atom stereocenters. The molecule has 0 spiro atoms. The van der Waals surface area contributed by atoms with E-state index in [9.17, 15) is 4.79 Å². The van der Waals surface area contributed by atoms with Gasteiger partial charge in [0.1, 0.15) is 5.75 Å². The first-order chi connectivity index (χ1) is 14.6. The second kappa shape index (κ2) is 7.26. The Morgan fingerprint density at radius 1 is 1.10 bits per heavy atom. The standard InChI is InChI=1S/C25H22N2O2S/c1-25(23(28)27-24-26-20-10-6-7-11-21(20)30-24)15-17-12-13-18(29-2)14-19(17)22(25)16-8-4-3-5-9-16/h3-14,22H,15H2,1-2H3,(H,26,27,28). The highest BCUT2D eigenvalue weighted by Gasteiger charge is 2.49. The third-order valence-corrected chi connectivity index (χ3v) is 6.98. The molecule has 5 heteroatoms. The van der Waals surface area contributed by atoms with E-state index < -0.39 is 5.41 Å². The van der Waals surface area contributed by atoms with Gasteiger partial charge in [0.2, 0.25) is 5.91 Å². The Morgan fingerprint density at radius 2 is 1.87 bits per heavy atom. The van der Waals surface area contributed by atoms with Gasteiger partial charge in [0.05, 0.1) is 22.7 Å². The van der Waals surface area contributed by atoms with Crippen LogP contribution >= 0.6 is 11.3 Å². The van der Waals surface area contributed by atoms with Crippen molar-refractivity contribution in [2.75, 3.05) is 12.4 Å². The molecule has 1 aliphatic rings. The molecule has 1 heterocycles. The second-order valence-corrected chi connectivity index (χ2v) is 8.97. The summed E-state index contributed by atoms with van der Waals surface area (Å²) in [6.45, 7) is 2.06. The number of nitrogens with one attached hydrogen (secondary N) is 1. The lowest BCUT2D eigenvalue weighted by molar-refractivity contribution is -0.125. The fourth-order valence-electron chi connectivity index (χ4n) is 4.54. The molecule has 0 saturated heterocycles. The van der Waals surface area contributed by atoms with Crippen LogP contribution in [-0.2, 0) is 11.2 Å². The molecule has 0 aliphatic heterocycles. The molecule has 0 fully saturated rings. The molecule has 5 rings (SSSR count). The summed E-state index contributed by atoms with van der Waals surface area (Å²) in [5, 5.41) is 3.76. The normalized spacial score (nSPS) is 20.1. The summed E-state index contributed by atoms with van der Waals surface area (Å²) in [7, 11) is 1.67. The number of anilines is 1. The van der Waals surface area contributed by atoms with E-state index >= 15 is 0 Å². The van der Waals surface area contributed by atoms with Gasteiger partial charge in [0.25, 0.3) is 0 Å². The highest BCUT2D eigenvalue weighted by molar-refractivity contribution is 7.22. The quantitative estimate of drug-likeness (QED) is 0.470. The van der Waals surface area contributed by atoms with Crippen LogP contribution in [0.25, 0.3) is 10.2 Å². The zero-order chi connectivity index (χ0) is 20.7. The Hall–Kier alpha value is -3.18. The van der Waals surface area contributed by atoms with Gasteiger partial charge in [-0.05, 0) is 54.3 Å². The predicted octanol–water partition coefficient (Wildman–Crippen LogP) is 5.64. The van der Waals surface area contributed by atoms with Crippen LogP contribution in [0.5, 0.6) is 5.75 Å². The van der Waals surface area contributed by atoms with Gasteiger partial charge >= 0.3 is 0 Å². The van der Waals surface area contributed by atoms with Gasteiger partial charge in [-0.1, -0.05) is 59.9 Å². The molecular weight excluding hydrogens is 392 g/mol. The lowest BCUT2D eigenvalue weighted by Crippen LogP contribution is -2.37. The monoisotopic (exact) mass is 414 g/mol. The van der Waals surface area contributed by atoms with Crippen LogP contribution in [0.1, 0.15) is 29.5 Å². The van der Waals surface area contributed by atoms with Gasteiger partial charge in [-0.3, -0.25) is 4.79 Å². The number of hydrogen-bond acceptors (Lipinski definition) is 4. The number of carbonyl (C=O) groups is 1. The van der Waals surface area contributed by atoms with Crippen LogP contribution in [0.4, 0.5) is 5.13 Å². The molecule has 150 valence electrons. The number of ether oxygens (including phenoxy) is 1. The highest BCUT2D eigenvalue weighted by atomic mass is 32.1. The van der Waals surface area contributed by atoms with Crippen LogP contribution in [0.3, 0.4) is 0 Å². The van der Waals surface area contributed by atoms with Crippen molar-refractivity contribution in [1.82, 2.24) is 4.98 Å². The van der Waals surface area contributed by atoms with E-state index in [1.165, 1.54) is 16.9 Å². The van der Waals surface area contributed by atoms with Crippen molar-refractivity contribution in [3.8, 4) is 5.75 Å². The van der Waals surface area contributed by atoms with E-state index in [0.717, 1.165) is 27.1 Å². The van der Waals surface area contributed by atoms with Crippen LogP contribution in [0.2, 0.25) is 0 Å². The summed E-state index contributed by atoms with van der Waals surface area (Å²) in [5.74, 6) is 0.745. The number of para-hydroxylation sites is 1. The Morgan fingerprint density at radius 3 is 2.63 bits per heavy atom. The highest BCUT2D eigenvalue weighted by Crippen LogP contribution is 2.52. The van der Waals surface area contributed by atoms with Gasteiger partial charge in [0.15, 0.2) is 5.13 Å². The molecule has 30 heavy (non-hydrogen) atoms. The molecule has 4 aromatic rings. The van der Waals surface area contributed by atoms with E-state index in [1.54, 1.807) is 7.11 Å². The molecule has 1 N–H and O–H groups in total. The summed E-state index contributed by atoms with van der Waals surface area (Å²) < 4.78 is 6.54. The summed E-state index contributed by atoms with van der Waals surface area (Å²) in [6, 6.07) is 24.3. The van der Waals surface area contributed by atoms with E-state index in [2.05, 4.69) is 41.5 Å². The van der Waals surface area contributed by atoms with Gasteiger partial charge in [-0.15, -0.1) is 0 Å². The Labute approximate surface area is 179 Å². The summed E-state index contributed by atoms with van der Waals surface area (Å²) in [4.78, 5) is 18.2. The van der Waals surface area contributed by atoms with Crippen molar-refractivity contribution < 1.29 is 9.53 Å². The van der Waals surface area contributed by atoms with E-state index in [-0.39, 0.29) is 11.8 Å². The number of carbonyl (C=O) groups excluding carboxylic acids is 1. The number of methoxy groups -OCH3 is 1. The third-order valence-electron chi connectivity index (χ3n) is 6.02. The van der Waals surface area contributed by atoms with Crippen LogP contribution in [0, 0.1) is 5.41 Å². The molecule has 1 aliphatic carbocycles. The summed E-state index contributed by atoms with van der Waals surface area (Å²) in [5.41, 5.74) is 3.75. The number of rotatable bonds is 4. The van der Waals surface area contributed by atoms with Crippen LogP contribution < -0.4 is 10.1 Å². The molecule has 0 bridgehead atoms. The SMILES string of the molecule is COc1ccc2c(c1)C(c1ccccc1)C(C)(C(=O)Nc1nc3ccccc3s1)C2. The van der Waals surface area contributed by atoms with Crippen molar-refractivity contribution in [1.29, 1.82) is 0 Å². The number of benzene rings is 3. The van der Waals surface area contributed by atoms with Crippen molar-refractivity contribution in [3.05, 3.63) is 89.5 Å². The van der Waals surface area contributed by atoms with Crippen molar-refractivity contribution in [3.63, 3.8) is 0 Å². The van der Waals surface area contributed by atoms with Gasteiger partial charge in [-0.25, -0.2) is 4.98 Å². The molecule has 4 nitrogen and oxygen atoms in total. The minimum absolute atomic E-state index is 0.00873. The fraction of sp³-hybridized carbons (Fsp3) is 0.200. The largest absolute Gasteiger partial charge is 0.497 e. The molecule has 2 unspecified atom stereocenters. The average Bonchev–Trinajstić information content (AvgIpc) is 3.31. The fourth-order valence-corrected chi connectivity index (χ4v) is 5.40. The number of nitrogens with zero attached hydrogens (tertiary/aromatic N) is 1. The maximum absolute atomic E-state index is 13.6. The molecule has 1 amide bonds. The number of thiazole rings is 1. The zero-order valence-corrected chi connectivity index (χ0v) is 17.7. The second-order valence-electron chi connectivity index (χ2n) is 7.94. The Bertz CT molecular complexity index is 1200. The maximum atomic E-state index is 13.6. The Balaban J connectivity index is 1.55. The first-order valence-corrected chi connectivity index (χ1v) is 10.8. The molecule has 3 aromatic carbocycles. The topological polar surface area (TPSA) is 51.2 Å². The lowest BCUT2D eigenvalue weighted by atomic mass is 9.73. The minimum Gasteiger partial charge on any atom is -0.497 e. The molecular formula is C25H22N2O2S. The van der Waals surface area contributed by atoms with Gasteiger partial charge in [-0.2, -0.15) is 0 Å². The smallest absolute Gasteiger partial charge is 0.233 e. The van der Waals surface area contributed by atoms with Crippen molar-refractivity contribution in [2.24, 2.45) is 5.41 Å². The molecule has 0 saturated carbocycles. The third kappa shape index (κ3) is 3.06. The summed E-state index contributed by atoms with van der Waals surface area (Å²) in [6.07, 6.45) is 0.669. The van der Waals surface area contributed by atoms with Gasteiger partial charge < -0.3 is 10.1 Å². The average molecular weight is 415 g/mol. The predicted molar refractivity (Wildman–Crippen MR) is 121 cm³/mol. The van der Waals surface area contributed by atoms with Crippen molar-refractivity contribution >= 4 is 32.6 Å². The number of hydrogen-bond donors (Lipinski definition) is 1. The maximum Gasteiger partial charge on any atom is 0.233 e.